The van der Waals surface area contributed by atoms with Crippen LogP contribution in [0.4, 0.5) is 0 Å². The molecule has 0 spiro atoms. The number of carbonyl (C=O) groups is 1. The molecule has 6 heteroatoms. The highest BCUT2D eigenvalue weighted by Crippen LogP contribution is 2.13. The topological polar surface area (TPSA) is 77.6 Å². The van der Waals surface area contributed by atoms with E-state index in [1.807, 2.05) is 61.5 Å². The summed E-state index contributed by atoms with van der Waals surface area (Å²) in [6, 6.07) is 17.1. The van der Waals surface area contributed by atoms with Gasteiger partial charge < -0.3 is 5.32 Å². The predicted octanol–water partition coefficient (Wildman–Crippen LogP) is 1.17. The average Bonchev–Trinajstić information content (AvgIpc) is 2.56. The fourth-order valence-corrected chi connectivity index (χ4v) is 2.38. The molecule has 3 rings (SSSR count). The van der Waals surface area contributed by atoms with Crippen LogP contribution in [0.3, 0.4) is 0 Å². The Hall–Kier alpha value is -2.70. The van der Waals surface area contributed by atoms with Gasteiger partial charge >= 0.3 is 0 Å². The number of nitrogens with one attached hydrogen (secondary N) is 4. The van der Waals surface area contributed by atoms with Crippen LogP contribution in [0.2, 0.25) is 0 Å². The summed E-state index contributed by atoms with van der Waals surface area (Å²) >= 11 is 0. The van der Waals surface area contributed by atoms with Crippen LogP contribution in [0.1, 0.15) is 22.7 Å². The molecule has 0 aliphatic carbocycles. The van der Waals surface area contributed by atoms with Crippen molar-refractivity contribution >= 4 is 12.1 Å². The number of nitrogens with zero attached hydrogens (tertiary/aromatic N) is 1. The molecule has 2 aromatic carbocycles. The van der Waals surface area contributed by atoms with Gasteiger partial charge in [-0.2, -0.15) is 5.10 Å². The van der Waals surface area contributed by atoms with E-state index < -0.39 is 12.3 Å². The molecule has 0 bridgehead atoms. The molecule has 1 heterocycles. The minimum atomic E-state index is -0.469. The Bertz CT molecular complexity index is 701. The van der Waals surface area contributed by atoms with E-state index >= 15 is 0 Å². The van der Waals surface area contributed by atoms with E-state index in [2.05, 4.69) is 26.7 Å². The summed E-state index contributed by atoms with van der Waals surface area (Å²) in [6.07, 6.45) is 1.24. The van der Waals surface area contributed by atoms with Gasteiger partial charge in [-0.05, 0) is 18.1 Å². The van der Waals surface area contributed by atoms with Crippen LogP contribution in [-0.2, 0) is 4.79 Å². The molecular formula is C17H19N5O. The summed E-state index contributed by atoms with van der Waals surface area (Å²) in [5, 5.41) is 6.97. The van der Waals surface area contributed by atoms with Gasteiger partial charge in [0.05, 0.1) is 6.21 Å². The summed E-state index contributed by atoms with van der Waals surface area (Å²) in [5.41, 5.74) is 11.9. The molecule has 0 aromatic heterocycles. The number of carbonyl (C=O) groups excluding carboxylic acids is 1. The first-order chi connectivity index (χ1) is 11.2. The van der Waals surface area contributed by atoms with Gasteiger partial charge in [-0.15, -0.1) is 0 Å². The van der Waals surface area contributed by atoms with Crippen molar-refractivity contribution in [2.24, 2.45) is 5.10 Å². The fourth-order valence-electron chi connectivity index (χ4n) is 2.38. The van der Waals surface area contributed by atoms with Crippen molar-refractivity contribution in [3.63, 3.8) is 0 Å². The van der Waals surface area contributed by atoms with E-state index in [1.54, 1.807) is 6.21 Å². The highest BCUT2D eigenvalue weighted by molar-refractivity contribution is 5.84. The minimum absolute atomic E-state index is 0.113. The number of rotatable bonds is 4. The average molecular weight is 309 g/mol. The highest BCUT2D eigenvalue weighted by atomic mass is 16.2. The molecule has 1 fully saturated rings. The quantitative estimate of drug-likeness (QED) is 0.505. The number of hydrogen-bond donors (Lipinski definition) is 4. The van der Waals surface area contributed by atoms with E-state index in [-0.39, 0.29) is 5.91 Å². The first-order valence-corrected chi connectivity index (χ1v) is 7.44. The standard InChI is InChI=1S/C17H19N5O/c1-12-6-5-7-13(10-12)11-18-21-17-19-16(23)15(20-22-17)14-8-3-2-4-9-14/h2-11,15,17,20-22H,1H3,(H,19,23)/b18-11+. The second-order valence-electron chi connectivity index (χ2n) is 5.38. The maximum atomic E-state index is 12.2. The molecule has 1 aliphatic heterocycles. The van der Waals surface area contributed by atoms with Crippen LogP contribution in [0.15, 0.2) is 59.7 Å². The van der Waals surface area contributed by atoms with Crippen LogP contribution in [0.5, 0.6) is 0 Å². The van der Waals surface area contributed by atoms with Gasteiger partial charge in [-0.1, -0.05) is 60.2 Å². The first-order valence-electron chi connectivity index (χ1n) is 7.44. The minimum Gasteiger partial charge on any atom is -0.320 e. The zero-order valence-corrected chi connectivity index (χ0v) is 12.8. The van der Waals surface area contributed by atoms with Gasteiger partial charge in [-0.3, -0.25) is 10.2 Å². The predicted molar refractivity (Wildman–Crippen MR) is 89.3 cm³/mol. The number of benzene rings is 2. The number of hydrazine groups is 1. The smallest absolute Gasteiger partial charge is 0.245 e. The van der Waals surface area contributed by atoms with E-state index in [4.69, 9.17) is 0 Å². The molecule has 118 valence electrons. The molecule has 1 amide bonds. The van der Waals surface area contributed by atoms with Crippen molar-refractivity contribution in [1.82, 2.24) is 21.6 Å². The van der Waals surface area contributed by atoms with Crippen LogP contribution in [0, 0.1) is 6.92 Å². The van der Waals surface area contributed by atoms with E-state index in [0.29, 0.717) is 0 Å². The number of hydrogen-bond acceptors (Lipinski definition) is 5. The molecule has 6 nitrogen and oxygen atoms in total. The summed E-state index contributed by atoms with van der Waals surface area (Å²) in [5.74, 6) is -0.113. The maximum Gasteiger partial charge on any atom is 0.245 e. The van der Waals surface area contributed by atoms with Crippen LogP contribution >= 0.6 is 0 Å². The zero-order valence-electron chi connectivity index (χ0n) is 12.8. The summed E-state index contributed by atoms with van der Waals surface area (Å²) in [6.45, 7) is 2.03. The van der Waals surface area contributed by atoms with E-state index in [9.17, 15) is 4.79 Å². The first kappa shape index (κ1) is 15.2. The van der Waals surface area contributed by atoms with Crippen molar-refractivity contribution in [2.45, 2.75) is 19.3 Å². The molecule has 2 atom stereocenters. The van der Waals surface area contributed by atoms with Crippen molar-refractivity contribution < 1.29 is 4.79 Å². The molecule has 1 saturated heterocycles. The summed E-state index contributed by atoms with van der Waals surface area (Å²) in [4.78, 5) is 12.2. The Morgan fingerprint density at radius 1 is 1.09 bits per heavy atom. The SMILES string of the molecule is Cc1cccc(/C=N/NC2NNC(c3ccccc3)C(=O)N2)c1. The number of amides is 1. The number of hydrazone groups is 1. The monoisotopic (exact) mass is 309 g/mol. The molecule has 2 unspecified atom stereocenters. The third-order valence-corrected chi connectivity index (χ3v) is 3.51. The maximum absolute atomic E-state index is 12.2. The zero-order chi connectivity index (χ0) is 16.1. The van der Waals surface area contributed by atoms with Gasteiger partial charge in [-0.25, -0.2) is 10.9 Å². The Morgan fingerprint density at radius 2 is 1.91 bits per heavy atom. The lowest BCUT2D eigenvalue weighted by Crippen LogP contribution is -2.65. The van der Waals surface area contributed by atoms with Gasteiger partial charge in [0.15, 0.2) is 6.29 Å². The summed E-state index contributed by atoms with van der Waals surface area (Å²) < 4.78 is 0. The molecule has 2 aromatic rings. The van der Waals surface area contributed by atoms with Gasteiger partial charge in [0.2, 0.25) is 5.91 Å². The lowest BCUT2D eigenvalue weighted by molar-refractivity contribution is -0.127. The van der Waals surface area contributed by atoms with Crippen molar-refractivity contribution in [3.05, 3.63) is 71.3 Å². The lowest BCUT2D eigenvalue weighted by atomic mass is 10.1. The van der Waals surface area contributed by atoms with Crippen LogP contribution in [0.25, 0.3) is 0 Å². The third kappa shape index (κ3) is 3.94. The molecular weight excluding hydrogens is 290 g/mol. The summed E-state index contributed by atoms with van der Waals surface area (Å²) in [7, 11) is 0. The fraction of sp³-hybridized carbons (Fsp3) is 0.176. The van der Waals surface area contributed by atoms with Gasteiger partial charge in [0, 0.05) is 0 Å². The van der Waals surface area contributed by atoms with E-state index in [1.165, 1.54) is 5.56 Å². The van der Waals surface area contributed by atoms with Gasteiger partial charge in [0.1, 0.15) is 6.04 Å². The number of aryl methyl sites for hydroxylation is 1. The molecule has 4 N–H and O–H groups in total. The highest BCUT2D eigenvalue weighted by Gasteiger charge is 2.27. The molecule has 23 heavy (non-hydrogen) atoms. The largest absolute Gasteiger partial charge is 0.320 e. The Kier molecular flexibility index (Phi) is 4.65. The second-order valence-corrected chi connectivity index (χ2v) is 5.38. The van der Waals surface area contributed by atoms with E-state index in [0.717, 1.165) is 11.1 Å². The van der Waals surface area contributed by atoms with Crippen molar-refractivity contribution in [2.75, 3.05) is 0 Å². The second kappa shape index (κ2) is 7.04. The van der Waals surface area contributed by atoms with Crippen LogP contribution < -0.4 is 21.6 Å². The molecule has 1 aliphatic rings. The molecule has 0 radical (unpaired) electrons. The van der Waals surface area contributed by atoms with Crippen molar-refractivity contribution in [1.29, 1.82) is 0 Å². The van der Waals surface area contributed by atoms with Crippen molar-refractivity contribution in [3.8, 4) is 0 Å². The Labute approximate surface area is 135 Å². The van der Waals surface area contributed by atoms with Gasteiger partial charge in [0.25, 0.3) is 0 Å². The normalized spacial score (nSPS) is 21.2. The van der Waals surface area contributed by atoms with Crippen LogP contribution in [-0.4, -0.2) is 18.4 Å². The Morgan fingerprint density at radius 3 is 2.65 bits per heavy atom. The third-order valence-electron chi connectivity index (χ3n) is 3.51. The molecule has 0 saturated carbocycles. The Balaban J connectivity index is 1.55. The lowest BCUT2D eigenvalue weighted by Gasteiger charge is -2.31.